The number of morpholine rings is 1. The zero-order valence-corrected chi connectivity index (χ0v) is 21.0. The van der Waals surface area contributed by atoms with Gasteiger partial charge in [0, 0.05) is 25.2 Å². The molecule has 0 N–H and O–H groups in total. The number of hydrazone groups is 1. The molecule has 4 rings (SSSR count). The minimum absolute atomic E-state index is 0.0262. The molecule has 0 radical (unpaired) electrons. The van der Waals surface area contributed by atoms with Crippen molar-refractivity contribution in [2.75, 3.05) is 36.2 Å². The highest BCUT2D eigenvalue weighted by molar-refractivity contribution is 6.18. The molecule has 0 aliphatic carbocycles. The van der Waals surface area contributed by atoms with Crippen molar-refractivity contribution in [2.45, 2.75) is 52.9 Å². The van der Waals surface area contributed by atoms with Gasteiger partial charge in [-0.15, -0.1) is 0 Å². The molecule has 9 heteroatoms. The van der Waals surface area contributed by atoms with E-state index >= 15 is 0 Å². The summed E-state index contributed by atoms with van der Waals surface area (Å²) in [7, 11) is 0. The molecule has 186 valence electrons. The largest absolute Gasteiger partial charge is 0.489 e. The van der Waals surface area contributed by atoms with Gasteiger partial charge in [-0.3, -0.25) is 4.79 Å². The van der Waals surface area contributed by atoms with Crippen LogP contribution < -0.4 is 19.4 Å². The van der Waals surface area contributed by atoms with Crippen molar-refractivity contribution < 1.29 is 19.0 Å². The predicted octanol–water partition coefficient (Wildman–Crippen LogP) is 4.97. The smallest absolute Gasteiger partial charge is 0.280 e. The van der Waals surface area contributed by atoms with Crippen molar-refractivity contribution in [1.29, 1.82) is 0 Å². The topological polar surface area (TPSA) is 88.3 Å². The summed E-state index contributed by atoms with van der Waals surface area (Å²) >= 11 is 0. The fraction of sp³-hybridized carbons (Fsp3) is 0.462. The average molecular weight is 480 g/mol. The second-order valence-corrected chi connectivity index (χ2v) is 9.07. The molecule has 0 saturated carbocycles. The van der Waals surface area contributed by atoms with E-state index in [0.29, 0.717) is 41.8 Å². The van der Waals surface area contributed by atoms with Gasteiger partial charge in [0.2, 0.25) is 0 Å². The van der Waals surface area contributed by atoms with Crippen LogP contribution in [0.25, 0.3) is 0 Å². The Morgan fingerprint density at radius 1 is 1.00 bits per heavy atom. The van der Waals surface area contributed by atoms with E-state index < -0.39 is 6.04 Å². The SMILES string of the molecule is CC1=NN(c2ccccc2)C(=O)[C@@H]1N=Nc1cc(OC(C)C)c(N2CCOCC2)cc1OC(C)C. The Morgan fingerprint density at radius 3 is 2.31 bits per heavy atom. The van der Waals surface area contributed by atoms with Gasteiger partial charge in [-0.25, -0.2) is 0 Å². The first-order valence-electron chi connectivity index (χ1n) is 12.0. The van der Waals surface area contributed by atoms with Crippen LogP contribution in [0.5, 0.6) is 11.5 Å². The van der Waals surface area contributed by atoms with Gasteiger partial charge in [0.25, 0.3) is 5.91 Å². The Kier molecular flexibility index (Phi) is 7.65. The van der Waals surface area contributed by atoms with Crippen molar-refractivity contribution in [3.63, 3.8) is 0 Å². The Bertz CT molecular complexity index is 1090. The summed E-state index contributed by atoms with van der Waals surface area (Å²) in [6, 6.07) is 12.3. The first kappa shape index (κ1) is 24.7. The molecule has 2 heterocycles. The van der Waals surface area contributed by atoms with Crippen LogP contribution in [0.4, 0.5) is 17.1 Å². The van der Waals surface area contributed by atoms with Crippen molar-refractivity contribution in [3.8, 4) is 11.5 Å². The molecular weight excluding hydrogens is 446 g/mol. The predicted molar refractivity (Wildman–Crippen MR) is 136 cm³/mol. The van der Waals surface area contributed by atoms with Gasteiger partial charge in [0.15, 0.2) is 6.04 Å². The highest BCUT2D eigenvalue weighted by atomic mass is 16.5. The molecule has 2 aromatic carbocycles. The number of carbonyl (C=O) groups excluding carboxylic acids is 1. The van der Waals surface area contributed by atoms with E-state index in [1.54, 1.807) is 6.92 Å². The van der Waals surface area contributed by atoms with Crippen LogP contribution in [-0.4, -0.2) is 56.2 Å². The van der Waals surface area contributed by atoms with Crippen LogP contribution in [-0.2, 0) is 9.53 Å². The highest BCUT2D eigenvalue weighted by Crippen LogP contribution is 2.42. The number of anilines is 2. The number of ether oxygens (including phenoxy) is 3. The monoisotopic (exact) mass is 479 g/mol. The molecule has 35 heavy (non-hydrogen) atoms. The number of benzene rings is 2. The maximum atomic E-state index is 13.1. The van der Waals surface area contributed by atoms with Gasteiger partial charge in [-0.05, 0) is 46.8 Å². The number of hydrogen-bond acceptors (Lipinski definition) is 8. The summed E-state index contributed by atoms with van der Waals surface area (Å²) in [6.45, 7) is 12.5. The molecule has 1 saturated heterocycles. The molecule has 0 spiro atoms. The van der Waals surface area contributed by atoms with Gasteiger partial charge < -0.3 is 19.1 Å². The Hall–Kier alpha value is -3.46. The Balaban J connectivity index is 1.67. The number of azo groups is 1. The molecule has 2 aliphatic heterocycles. The summed E-state index contributed by atoms with van der Waals surface area (Å²) in [4.78, 5) is 15.3. The number of nitrogens with zero attached hydrogens (tertiary/aromatic N) is 5. The average Bonchev–Trinajstić information content (AvgIpc) is 3.12. The van der Waals surface area contributed by atoms with Crippen LogP contribution in [0.15, 0.2) is 57.8 Å². The van der Waals surface area contributed by atoms with E-state index in [2.05, 4.69) is 20.2 Å². The lowest BCUT2D eigenvalue weighted by Crippen LogP contribution is -2.36. The minimum Gasteiger partial charge on any atom is -0.489 e. The maximum absolute atomic E-state index is 13.1. The first-order chi connectivity index (χ1) is 16.8. The molecule has 1 fully saturated rings. The van der Waals surface area contributed by atoms with Crippen LogP contribution in [0.1, 0.15) is 34.6 Å². The summed E-state index contributed by atoms with van der Waals surface area (Å²) < 4.78 is 17.8. The fourth-order valence-corrected chi connectivity index (χ4v) is 3.93. The van der Waals surface area contributed by atoms with Crippen LogP contribution in [0, 0.1) is 0 Å². The molecule has 9 nitrogen and oxygen atoms in total. The van der Waals surface area contributed by atoms with Crippen molar-refractivity contribution in [3.05, 3.63) is 42.5 Å². The van der Waals surface area contributed by atoms with Gasteiger partial charge in [-0.1, -0.05) is 18.2 Å². The van der Waals surface area contributed by atoms with E-state index in [1.807, 2.05) is 70.2 Å². The van der Waals surface area contributed by atoms with Crippen LogP contribution >= 0.6 is 0 Å². The summed E-state index contributed by atoms with van der Waals surface area (Å²) in [6.07, 6.45) is -0.0926. The molecule has 0 unspecified atom stereocenters. The molecular formula is C26H33N5O4. The van der Waals surface area contributed by atoms with E-state index in [-0.39, 0.29) is 18.1 Å². The standard InChI is InChI=1S/C26H33N5O4/c1-17(2)34-23-16-22(30-11-13-33-14-12-30)24(35-18(3)4)15-21(23)27-28-25-19(5)29-31(26(25)32)20-9-7-6-8-10-20/h6-10,15-18,25H,11-14H2,1-5H3/t25-/m1/s1. The second kappa shape index (κ2) is 10.9. The molecule has 1 atom stereocenters. The maximum Gasteiger partial charge on any atom is 0.280 e. The number of para-hydroxylation sites is 1. The van der Waals surface area contributed by atoms with Gasteiger partial charge >= 0.3 is 0 Å². The van der Waals surface area contributed by atoms with Gasteiger partial charge in [0.05, 0.1) is 42.5 Å². The second-order valence-electron chi connectivity index (χ2n) is 9.07. The van der Waals surface area contributed by atoms with Crippen molar-refractivity contribution >= 4 is 28.7 Å². The summed E-state index contributed by atoms with van der Waals surface area (Å²) in [5.74, 6) is 1.04. The first-order valence-corrected chi connectivity index (χ1v) is 12.0. The molecule has 0 aromatic heterocycles. The third kappa shape index (κ3) is 5.79. The van der Waals surface area contributed by atoms with Crippen molar-refractivity contribution in [2.24, 2.45) is 15.3 Å². The van der Waals surface area contributed by atoms with E-state index in [0.717, 1.165) is 18.8 Å². The van der Waals surface area contributed by atoms with Gasteiger partial charge in [-0.2, -0.15) is 20.3 Å². The Morgan fingerprint density at radius 2 is 1.66 bits per heavy atom. The van der Waals surface area contributed by atoms with Gasteiger partial charge in [0.1, 0.15) is 17.2 Å². The van der Waals surface area contributed by atoms with Crippen molar-refractivity contribution in [1.82, 2.24) is 0 Å². The summed E-state index contributed by atoms with van der Waals surface area (Å²) in [5.41, 5.74) is 2.71. The third-order valence-corrected chi connectivity index (χ3v) is 5.50. The minimum atomic E-state index is -0.796. The number of amides is 1. The number of rotatable bonds is 8. The number of hydrogen-bond donors (Lipinski definition) is 0. The quantitative estimate of drug-likeness (QED) is 0.499. The zero-order chi connectivity index (χ0) is 24.9. The Labute approximate surface area is 206 Å². The van der Waals surface area contributed by atoms with E-state index in [1.165, 1.54) is 5.01 Å². The van der Waals surface area contributed by atoms with Crippen LogP contribution in [0.2, 0.25) is 0 Å². The lowest BCUT2D eigenvalue weighted by Gasteiger charge is -2.31. The molecule has 2 aromatic rings. The van der Waals surface area contributed by atoms with Crippen LogP contribution in [0.3, 0.4) is 0 Å². The molecule has 0 bridgehead atoms. The van der Waals surface area contributed by atoms with E-state index in [9.17, 15) is 4.79 Å². The lowest BCUT2D eigenvalue weighted by molar-refractivity contribution is -0.117. The third-order valence-electron chi connectivity index (χ3n) is 5.50. The fourth-order valence-electron chi connectivity index (χ4n) is 3.93. The molecule has 2 aliphatic rings. The normalized spacial score (nSPS) is 18.7. The molecule has 1 amide bonds. The summed E-state index contributed by atoms with van der Waals surface area (Å²) in [5, 5.41) is 14.7. The lowest BCUT2D eigenvalue weighted by atomic mass is 10.2. The highest BCUT2D eigenvalue weighted by Gasteiger charge is 2.35. The number of carbonyl (C=O) groups is 1. The van der Waals surface area contributed by atoms with E-state index in [4.69, 9.17) is 14.2 Å². The zero-order valence-electron chi connectivity index (χ0n) is 21.0.